The van der Waals surface area contributed by atoms with Crippen molar-refractivity contribution in [3.05, 3.63) is 21.9 Å². The highest BCUT2D eigenvalue weighted by Gasteiger charge is 1.97. The fourth-order valence-corrected chi connectivity index (χ4v) is 1.37. The number of hydrogen-bond acceptors (Lipinski definition) is 2. The molecule has 0 spiro atoms. The third-order valence-corrected chi connectivity index (χ3v) is 1.90. The molecule has 0 aliphatic heterocycles. The molecule has 1 rings (SSSR count). The van der Waals surface area contributed by atoms with E-state index in [1.54, 1.807) is 6.07 Å². The molecule has 1 aromatic rings. The molecule has 0 unspecified atom stereocenters. The molecule has 0 aliphatic rings. The number of pyridine rings is 1. The van der Waals surface area contributed by atoms with E-state index in [9.17, 15) is 0 Å². The third-order valence-electron chi connectivity index (χ3n) is 1.08. The van der Waals surface area contributed by atoms with Gasteiger partial charge in [-0.25, -0.2) is 4.98 Å². The quantitative estimate of drug-likeness (QED) is 0.783. The summed E-state index contributed by atoms with van der Waals surface area (Å²) in [6.07, 6.45) is 0. The predicted molar refractivity (Wildman–Crippen MR) is 53.7 cm³/mol. The molecule has 11 heavy (non-hydrogen) atoms. The number of nitrogens with one attached hydrogen (secondary N) is 1. The highest BCUT2D eigenvalue weighted by molar-refractivity contribution is 9.10. The highest BCUT2D eigenvalue weighted by atomic mass is 79.9. The van der Waals surface area contributed by atoms with Crippen LogP contribution in [0.5, 0.6) is 0 Å². The molecule has 0 aliphatic carbocycles. The van der Waals surface area contributed by atoms with Gasteiger partial charge < -0.3 is 5.32 Å². The predicted octanol–water partition coefficient (Wildman–Crippen LogP) is 2.96. The van der Waals surface area contributed by atoms with E-state index in [0.717, 1.165) is 10.3 Å². The minimum atomic E-state index is 0. The first-order chi connectivity index (χ1) is 4.74. The summed E-state index contributed by atoms with van der Waals surface area (Å²) in [6, 6.07) is 3.59. The molecule has 1 heterocycles. The zero-order valence-corrected chi connectivity index (χ0v) is 8.92. The van der Waals surface area contributed by atoms with Gasteiger partial charge in [-0.1, -0.05) is 11.6 Å². The van der Waals surface area contributed by atoms with E-state index in [1.807, 2.05) is 13.1 Å². The minimum absolute atomic E-state index is 0. The Bertz CT molecular complexity index is 242. The molecule has 0 aromatic carbocycles. The van der Waals surface area contributed by atoms with Gasteiger partial charge in [-0.2, -0.15) is 0 Å². The summed E-state index contributed by atoms with van der Waals surface area (Å²) in [4.78, 5) is 3.96. The summed E-state index contributed by atoms with van der Waals surface area (Å²) in [5, 5.41) is 3.45. The number of halogens is 3. The van der Waals surface area contributed by atoms with Gasteiger partial charge in [0.25, 0.3) is 0 Å². The van der Waals surface area contributed by atoms with E-state index in [4.69, 9.17) is 11.6 Å². The molecule has 5 heteroatoms. The van der Waals surface area contributed by atoms with Crippen molar-refractivity contribution in [1.82, 2.24) is 4.98 Å². The Morgan fingerprint density at radius 3 is 2.64 bits per heavy atom. The number of anilines is 1. The summed E-state index contributed by atoms with van der Waals surface area (Å²) < 4.78 is 0.738. The maximum atomic E-state index is 5.61. The van der Waals surface area contributed by atoms with Crippen LogP contribution in [0.15, 0.2) is 16.7 Å². The summed E-state index contributed by atoms with van der Waals surface area (Å²) in [5.74, 6) is 0. The van der Waals surface area contributed by atoms with Crippen LogP contribution in [0.25, 0.3) is 0 Å². The largest absolute Gasteiger partial charge is 0.386 e. The topological polar surface area (TPSA) is 24.9 Å². The molecule has 1 N–H and O–H groups in total. The Morgan fingerprint density at radius 1 is 1.55 bits per heavy atom. The van der Waals surface area contributed by atoms with Crippen molar-refractivity contribution >= 4 is 45.6 Å². The molecule has 1 aromatic heterocycles. The van der Waals surface area contributed by atoms with Gasteiger partial charge in [0.05, 0.1) is 5.69 Å². The molecular weight excluding hydrogens is 251 g/mol. The van der Waals surface area contributed by atoms with Crippen LogP contribution in [0.3, 0.4) is 0 Å². The molecule has 0 saturated carbocycles. The average molecular weight is 258 g/mol. The fourth-order valence-electron chi connectivity index (χ4n) is 0.599. The molecule has 2 nitrogen and oxygen atoms in total. The number of aromatic nitrogens is 1. The number of hydrogen-bond donors (Lipinski definition) is 1. The molecule has 0 bridgehead atoms. The van der Waals surface area contributed by atoms with Crippen LogP contribution >= 0.6 is 39.9 Å². The normalized spacial score (nSPS) is 8.64. The fraction of sp³-hybridized carbons (Fsp3) is 0.167. The second-order valence-corrected chi connectivity index (χ2v) is 2.86. The van der Waals surface area contributed by atoms with Gasteiger partial charge >= 0.3 is 0 Å². The standard InChI is InChI=1S/C6H6BrClN2.ClH/c1-9-4-2-3-5(8)10-6(4)7;/h2-3,9H,1H3;1H. The van der Waals surface area contributed by atoms with E-state index >= 15 is 0 Å². The summed E-state index contributed by atoms with van der Waals surface area (Å²) in [5.41, 5.74) is 0.935. The summed E-state index contributed by atoms with van der Waals surface area (Å²) >= 11 is 8.85. The first-order valence-electron chi connectivity index (χ1n) is 2.74. The molecule has 62 valence electrons. The van der Waals surface area contributed by atoms with E-state index in [-0.39, 0.29) is 12.4 Å². The lowest BCUT2D eigenvalue weighted by Crippen LogP contribution is -1.90. The molecule has 0 saturated heterocycles. The van der Waals surface area contributed by atoms with Crippen LogP contribution in [0, 0.1) is 0 Å². The van der Waals surface area contributed by atoms with E-state index < -0.39 is 0 Å². The smallest absolute Gasteiger partial charge is 0.130 e. The van der Waals surface area contributed by atoms with Gasteiger partial charge in [-0.05, 0) is 28.1 Å². The van der Waals surface area contributed by atoms with Gasteiger partial charge in [0.15, 0.2) is 0 Å². The van der Waals surface area contributed by atoms with Crippen molar-refractivity contribution in [2.24, 2.45) is 0 Å². The minimum Gasteiger partial charge on any atom is -0.386 e. The average Bonchev–Trinajstić information content (AvgIpc) is 1.88. The maximum absolute atomic E-state index is 5.61. The van der Waals surface area contributed by atoms with E-state index in [0.29, 0.717) is 5.15 Å². The molecule has 0 amide bonds. The Morgan fingerprint density at radius 2 is 2.18 bits per heavy atom. The van der Waals surface area contributed by atoms with E-state index in [2.05, 4.69) is 26.2 Å². The van der Waals surface area contributed by atoms with Crippen molar-refractivity contribution < 1.29 is 0 Å². The zero-order chi connectivity index (χ0) is 7.56. The van der Waals surface area contributed by atoms with Crippen LogP contribution in [-0.4, -0.2) is 12.0 Å². The van der Waals surface area contributed by atoms with Gasteiger partial charge in [0, 0.05) is 7.05 Å². The highest BCUT2D eigenvalue weighted by Crippen LogP contribution is 2.20. The van der Waals surface area contributed by atoms with Crippen LogP contribution in [-0.2, 0) is 0 Å². The van der Waals surface area contributed by atoms with Crippen molar-refractivity contribution in [1.29, 1.82) is 0 Å². The SMILES string of the molecule is CNc1ccc(Cl)nc1Br.Cl. The Kier molecular flexibility index (Phi) is 4.81. The lowest BCUT2D eigenvalue weighted by atomic mass is 10.4. The summed E-state index contributed by atoms with van der Waals surface area (Å²) in [7, 11) is 1.83. The van der Waals surface area contributed by atoms with Gasteiger partial charge in [-0.15, -0.1) is 12.4 Å². The lowest BCUT2D eigenvalue weighted by molar-refractivity contribution is 1.26. The number of rotatable bonds is 1. The van der Waals surface area contributed by atoms with Crippen LogP contribution in [0.4, 0.5) is 5.69 Å². The second-order valence-electron chi connectivity index (χ2n) is 1.72. The van der Waals surface area contributed by atoms with Crippen molar-refractivity contribution in [3.63, 3.8) is 0 Å². The third kappa shape index (κ3) is 2.85. The first-order valence-corrected chi connectivity index (χ1v) is 3.91. The zero-order valence-electron chi connectivity index (χ0n) is 5.77. The number of nitrogens with zero attached hydrogens (tertiary/aromatic N) is 1. The molecular formula is C6H7BrCl2N2. The molecule has 0 fully saturated rings. The van der Waals surface area contributed by atoms with Crippen molar-refractivity contribution in [2.45, 2.75) is 0 Å². The Hall–Kier alpha value is 0.01000. The second kappa shape index (κ2) is 4.80. The Balaban J connectivity index is 0.000001000. The van der Waals surface area contributed by atoms with Crippen molar-refractivity contribution in [3.8, 4) is 0 Å². The van der Waals surface area contributed by atoms with Crippen LogP contribution in [0.2, 0.25) is 5.15 Å². The molecule has 0 atom stereocenters. The van der Waals surface area contributed by atoms with E-state index in [1.165, 1.54) is 0 Å². The van der Waals surface area contributed by atoms with Crippen LogP contribution < -0.4 is 5.32 Å². The first kappa shape index (κ1) is 11.0. The van der Waals surface area contributed by atoms with Gasteiger partial charge in [0.1, 0.15) is 9.76 Å². The lowest BCUT2D eigenvalue weighted by Gasteiger charge is -2.00. The monoisotopic (exact) mass is 256 g/mol. The molecule has 0 radical (unpaired) electrons. The summed E-state index contributed by atoms with van der Waals surface area (Å²) in [6.45, 7) is 0. The van der Waals surface area contributed by atoms with Crippen molar-refractivity contribution in [2.75, 3.05) is 12.4 Å². The van der Waals surface area contributed by atoms with Gasteiger partial charge in [-0.3, -0.25) is 0 Å². The van der Waals surface area contributed by atoms with Crippen LogP contribution in [0.1, 0.15) is 0 Å². The Labute approximate surface area is 84.9 Å². The maximum Gasteiger partial charge on any atom is 0.130 e. The van der Waals surface area contributed by atoms with Gasteiger partial charge in [0.2, 0.25) is 0 Å².